The van der Waals surface area contributed by atoms with Gasteiger partial charge in [-0.2, -0.15) is 0 Å². The number of halogens is 2. The van der Waals surface area contributed by atoms with E-state index in [4.69, 9.17) is 27.9 Å². The second-order valence-electron chi connectivity index (χ2n) is 4.29. The molecule has 0 fully saturated rings. The third-order valence-corrected chi connectivity index (χ3v) is 3.06. The van der Waals surface area contributed by atoms with Crippen LogP contribution < -0.4 is 4.74 Å². The summed E-state index contributed by atoms with van der Waals surface area (Å²) in [5.74, 6) is 0.640. The summed E-state index contributed by atoms with van der Waals surface area (Å²) in [6.45, 7) is 11.9. The van der Waals surface area contributed by atoms with Gasteiger partial charge in [-0.3, -0.25) is 0 Å². The van der Waals surface area contributed by atoms with E-state index in [1.54, 1.807) is 12.1 Å². The molecule has 0 aliphatic heterocycles. The van der Waals surface area contributed by atoms with Crippen LogP contribution in [-0.2, 0) is 5.41 Å². The van der Waals surface area contributed by atoms with E-state index in [1.165, 1.54) is 0 Å². The van der Waals surface area contributed by atoms with E-state index in [9.17, 15) is 0 Å². The first-order valence-electron chi connectivity index (χ1n) is 5.29. The van der Waals surface area contributed by atoms with Gasteiger partial charge in [0.1, 0.15) is 12.4 Å². The SMILES string of the molecule is C=CCOc1c(Cl)cc(Cl)cc1C(C)(C)C=C. The Labute approximate surface area is 113 Å². The van der Waals surface area contributed by atoms with Crippen molar-refractivity contribution >= 4 is 23.2 Å². The first-order valence-corrected chi connectivity index (χ1v) is 6.04. The van der Waals surface area contributed by atoms with Crippen LogP contribution in [0.3, 0.4) is 0 Å². The van der Waals surface area contributed by atoms with Crippen molar-refractivity contribution in [2.45, 2.75) is 19.3 Å². The van der Waals surface area contributed by atoms with E-state index in [0.29, 0.717) is 22.4 Å². The van der Waals surface area contributed by atoms with Crippen LogP contribution in [0.1, 0.15) is 19.4 Å². The molecular formula is C14H16Cl2O. The van der Waals surface area contributed by atoms with Crippen LogP contribution in [0, 0.1) is 0 Å². The Morgan fingerprint density at radius 3 is 2.47 bits per heavy atom. The largest absolute Gasteiger partial charge is 0.488 e. The fourth-order valence-corrected chi connectivity index (χ4v) is 1.99. The molecule has 0 heterocycles. The molecule has 0 atom stereocenters. The summed E-state index contributed by atoms with van der Waals surface area (Å²) in [6.07, 6.45) is 3.52. The molecule has 1 aromatic rings. The lowest BCUT2D eigenvalue weighted by Crippen LogP contribution is -2.15. The van der Waals surface area contributed by atoms with E-state index in [-0.39, 0.29) is 5.41 Å². The van der Waals surface area contributed by atoms with E-state index in [0.717, 1.165) is 5.56 Å². The molecule has 0 saturated carbocycles. The van der Waals surface area contributed by atoms with E-state index in [2.05, 4.69) is 13.2 Å². The summed E-state index contributed by atoms with van der Waals surface area (Å²) in [5.41, 5.74) is 0.664. The average molecular weight is 271 g/mol. The minimum absolute atomic E-state index is 0.259. The molecule has 0 N–H and O–H groups in total. The summed E-state index contributed by atoms with van der Waals surface area (Å²) >= 11 is 12.2. The van der Waals surface area contributed by atoms with Crippen molar-refractivity contribution in [3.63, 3.8) is 0 Å². The third kappa shape index (κ3) is 3.27. The second-order valence-corrected chi connectivity index (χ2v) is 5.13. The van der Waals surface area contributed by atoms with E-state index in [1.807, 2.05) is 26.0 Å². The van der Waals surface area contributed by atoms with Gasteiger partial charge in [-0.15, -0.1) is 6.58 Å². The zero-order valence-electron chi connectivity index (χ0n) is 10.1. The summed E-state index contributed by atoms with van der Waals surface area (Å²) in [5, 5.41) is 1.09. The Morgan fingerprint density at radius 2 is 1.94 bits per heavy atom. The fraction of sp³-hybridized carbons (Fsp3) is 0.286. The molecule has 0 amide bonds. The normalized spacial score (nSPS) is 11.1. The highest BCUT2D eigenvalue weighted by atomic mass is 35.5. The Balaban J connectivity index is 3.34. The number of rotatable bonds is 5. The molecule has 17 heavy (non-hydrogen) atoms. The zero-order chi connectivity index (χ0) is 13.1. The van der Waals surface area contributed by atoms with Gasteiger partial charge in [0.2, 0.25) is 0 Å². The van der Waals surface area contributed by atoms with Crippen LogP contribution >= 0.6 is 23.2 Å². The van der Waals surface area contributed by atoms with Crippen molar-refractivity contribution in [3.05, 3.63) is 53.1 Å². The van der Waals surface area contributed by atoms with Crippen molar-refractivity contribution in [2.75, 3.05) is 6.61 Å². The number of benzene rings is 1. The molecule has 0 aromatic heterocycles. The predicted molar refractivity (Wildman–Crippen MR) is 75.4 cm³/mol. The summed E-state index contributed by atoms with van der Waals surface area (Å²) < 4.78 is 5.60. The van der Waals surface area contributed by atoms with Gasteiger partial charge in [-0.1, -0.05) is 55.8 Å². The van der Waals surface area contributed by atoms with Crippen LogP contribution in [-0.4, -0.2) is 6.61 Å². The van der Waals surface area contributed by atoms with Crippen LogP contribution in [0.2, 0.25) is 10.0 Å². The van der Waals surface area contributed by atoms with Crippen LogP contribution in [0.25, 0.3) is 0 Å². The number of hydrogen-bond acceptors (Lipinski definition) is 1. The molecule has 0 aliphatic carbocycles. The average Bonchev–Trinajstić information content (AvgIpc) is 2.27. The fourth-order valence-electron chi connectivity index (χ4n) is 1.44. The summed E-state index contributed by atoms with van der Waals surface area (Å²) in [4.78, 5) is 0. The molecule has 92 valence electrons. The Kier molecular flexibility index (Phi) is 4.67. The lowest BCUT2D eigenvalue weighted by molar-refractivity contribution is 0.354. The Hall–Kier alpha value is -0.920. The smallest absolute Gasteiger partial charge is 0.142 e. The summed E-state index contributed by atoms with van der Waals surface area (Å²) in [7, 11) is 0. The topological polar surface area (TPSA) is 9.23 Å². The molecule has 0 unspecified atom stereocenters. The van der Waals surface area contributed by atoms with Crippen molar-refractivity contribution in [1.82, 2.24) is 0 Å². The molecule has 3 heteroatoms. The first-order chi connectivity index (χ1) is 7.92. The Bertz CT molecular complexity index is 436. The molecule has 1 aromatic carbocycles. The van der Waals surface area contributed by atoms with Crippen LogP contribution in [0.4, 0.5) is 0 Å². The number of allylic oxidation sites excluding steroid dienone is 1. The van der Waals surface area contributed by atoms with Gasteiger partial charge in [0, 0.05) is 16.0 Å². The lowest BCUT2D eigenvalue weighted by atomic mass is 9.84. The predicted octanol–water partition coefficient (Wildman–Crippen LogP) is 5.02. The highest BCUT2D eigenvalue weighted by Gasteiger charge is 2.23. The highest BCUT2D eigenvalue weighted by molar-refractivity contribution is 6.35. The van der Waals surface area contributed by atoms with Crippen molar-refractivity contribution in [3.8, 4) is 5.75 Å². The first kappa shape index (κ1) is 14.1. The van der Waals surface area contributed by atoms with Crippen molar-refractivity contribution < 1.29 is 4.74 Å². The van der Waals surface area contributed by atoms with E-state index < -0.39 is 0 Å². The minimum atomic E-state index is -0.259. The monoisotopic (exact) mass is 270 g/mol. The maximum Gasteiger partial charge on any atom is 0.142 e. The molecule has 0 spiro atoms. The van der Waals surface area contributed by atoms with Gasteiger partial charge in [0.05, 0.1) is 5.02 Å². The van der Waals surface area contributed by atoms with Gasteiger partial charge in [0.15, 0.2) is 0 Å². The summed E-state index contributed by atoms with van der Waals surface area (Å²) in [6, 6.07) is 3.53. The lowest BCUT2D eigenvalue weighted by Gasteiger charge is -2.24. The van der Waals surface area contributed by atoms with Gasteiger partial charge in [0.25, 0.3) is 0 Å². The highest BCUT2D eigenvalue weighted by Crippen LogP contribution is 2.39. The second kappa shape index (κ2) is 5.61. The van der Waals surface area contributed by atoms with Gasteiger partial charge in [-0.05, 0) is 12.1 Å². The maximum absolute atomic E-state index is 6.16. The molecular weight excluding hydrogens is 255 g/mol. The molecule has 1 rings (SSSR count). The number of hydrogen-bond donors (Lipinski definition) is 0. The van der Waals surface area contributed by atoms with Gasteiger partial charge in [-0.25, -0.2) is 0 Å². The molecule has 0 bridgehead atoms. The molecule has 0 aliphatic rings. The Morgan fingerprint density at radius 1 is 1.29 bits per heavy atom. The van der Waals surface area contributed by atoms with Crippen molar-refractivity contribution in [1.29, 1.82) is 0 Å². The van der Waals surface area contributed by atoms with Gasteiger partial charge >= 0.3 is 0 Å². The maximum atomic E-state index is 6.16. The number of ether oxygens (including phenoxy) is 1. The third-order valence-electron chi connectivity index (χ3n) is 2.56. The minimum Gasteiger partial charge on any atom is -0.488 e. The quantitative estimate of drug-likeness (QED) is 0.683. The van der Waals surface area contributed by atoms with Crippen LogP contribution in [0.15, 0.2) is 37.4 Å². The standard InChI is InChI=1S/C14H16Cl2O/c1-5-7-17-13-11(14(3,4)6-2)8-10(15)9-12(13)16/h5-6,8-9H,1-2,7H2,3-4H3. The van der Waals surface area contributed by atoms with E-state index >= 15 is 0 Å². The molecule has 1 nitrogen and oxygen atoms in total. The van der Waals surface area contributed by atoms with Crippen molar-refractivity contribution in [2.24, 2.45) is 0 Å². The molecule has 0 saturated heterocycles. The zero-order valence-corrected chi connectivity index (χ0v) is 11.6. The van der Waals surface area contributed by atoms with Crippen LogP contribution in [0.5, 0.6) is 5.75 Å². The molecule has 0 radical (unpaired) electrons. The van der Waals surface area contributed by atoms with Gasteiger partial charge < -0.3 is 4.74 Å².